The van der Waals surface area contributed by atoms with E-state index in [-0.39, 0.29) is 5.91 Å². The molecule has 5 heterocycles. The molecule has 6 rings (SSSR count). The van der Waals surface area contributed by atoms with Crippen molar-refractivity contribution in [1.82, 2.24) is 19.9 Å². The molecule has 0 radical (unpaired) electrons. The Morgan fingerprint density at radius 2 is 2.03 bits per heavy atom. The van der Waals surface area contributed by atoms with Crippen molar-refractivity contribution in [2.45, 2.75) is 19.9 Å². The number of pyridine rings is 1. The molecular weight excluding hydrogens is 520 g/mol. The quantitative estimate of drug-likeness (QED) is 0.422. The predicted molar refractivity (Wildman–Crippen MR) is 150 cm³/mol. The molecule has 0 bridgehead atoms. The Bertz CT molecular complexity index is 1380. The Kier molecular flexibility index (Phi) is 7.36. The molecule has 204 valence electrons. The average molecular weight is 551 g/mol. The second-order valence-electron chi connectivity index (χ2n) is 9.84. The predicted octanol–water partition coefficient (Wildman–Crippen LogP) is 3.21. The van der Waals surface area contributed by atoms with Crippen molar-refractivity contribution in [3.63, 3.8) is 0 Å². The highest BCUT2D eigenvalue weighted by molar-refractivity contribution is 6.36. The maximum absolute atomic E-state index is 12.5. The lowest BCUT2D eigenvalue weighted by Gasteiger charge is -2.31. The molecule has 0 spiro atoms. The van der Waals surface area contributed by atoms with E-state index in [4.69, 9.17) is 26.1 Å². The van der Waals surface area contributed by atoms with Crippen molar-refractivity contribution < 1.29 is 14.3 Å². The number of hydrogen-bond acceptors (Lipinski definition) is 10. The Labute approximate surface area is 231 Å². The van der Waals surface area contributed by atoms with Gasteiger partial charge in [-0.1, -0.05) is 11.6 Å². The number of aromatic nitrogens is 3. The number of carbonyl (C=O) groups is 1. The fourth-order valence-corrected chi connectivity index (χ4v) is 5.32. The monoisotopic (exact) mass is 550 g/mol. The molecule has 0 aliphatic carbocycles. The molecule has 3 aromatic rings. The highest BCUT2D eigenvalue weighted by Gasteiger charge is 2.25. The second-order valence-corrected chi connectivity index (χ2v) is 10.2. The van der Waals surface area contributed by atoms with Crippen molar-refractivity contribution in [2.24, 2.45) is 0 Å². The van der Waals surface area contributed by atoms with Crippen LogP contribution in [0.5, 0.6) is 5.88 Å². The number of amides is 1. The molecule has 0 atom stereocenters. The fraction of sp³-hybridized carbons (Fsp3) is 0.407. The van der Waals surface area contributed by atoms with Crippen LogP contribution in [-0.4, -0.2) is 78.3 Å². The number of ether oxygens (including phenoxy) is 2. The highest BCUT2D eigenvalue weighted by atomic mass is 35.5. The first-order valence-electron chi connectivity index (χ1n) is 13.2. The summed E-state index contributed by atoms with van der Waals surface area (Å²) < 4.78 is 11.0. The molecule has 1 saturated heterocycles. The first kappa shape index (κ1) is 25.6. The van der Waals surface area contributed by atoms with Crippen LogP contribution in [-0.2, 0) is 22.5 Å². The van der Waals surface area contributed by atoms with Crippen LogP contribution in [0.25, 0.3) is 0 Å². The van der Waals surface area contributed by atoms with Gasteiger partial charge in [-0.3, -0.25) is 9.69 Å². The van der Waals surface area contributed by atoms with Gasteiger partial charge in [-0.2, -0.15) is 0 Å². The summed E-state index contributed by atoms with van der Waals surface area (Å²) in [5.41, 5.74) is 6.25. The lowest BCUT2D eigenvalue weighted by Crippen LogP contribution is -2.41. The van der Waals surface area contributed by atoms with E-state index in [0.29, 0.717) is 56.3 Å². The fourth-order valence-electron chi connectivity index (χ4n) is 5.00. The largest absolute Gasteiger partial charge is 0.474 e. The van der Waals surface area contributed by atoms with Gasteiger partial charge in [0.15, 0.2) is 0 Å². The summed E-state index contributed by atoms with van der Waals surface area (Å²) >= 11 is 6.73. The van der Waals surface area contributed by atoms with Gasteiger partial charge in [0, 0.05) is 43.8 Å². The minimum Gasteiger partial charge on any atom is -0.474 e. The van der Waals surface area contributed by atoms with Crippen molar-refractivity contribution in [1.29, 1.82) is 0 Å². The summed E-state index contributed by atoms with van der Waals surface area (Å²) in [7, 11) is 0. The number of halogens is 1. The summed E-state index contributed by atoms with van der Waals surface area (Å²) in [6.45, 7) is 7.88. The van der Waals surface area contributed by atoms with Gasteiger partial charge in [-0.25, -0.2) is 15.0 Å². The molecule has 2 aromatic heterocycles. The molecule has 12 heteroatoms. The third kappa shape index (κ3) is 5.70. The number of carbonyl (C=O) groups excluding carboxylic acids is 1. The van der Waals surface area contributed by atoms with E-state index in [0.717, 1.165) is 65.6 Å². The molecule has 3 aliphatic rings. The van der Waals surface area contributed by atoms with E-state index >= 15 is 0 Å². The smallest absolute Gasteiger partial charge is 0.239 e. The van der Waals surface area contributed by atoms with Gasteiger partial charge < -0.3 is 30.3 Å². The van der Waals surface area contributed by atoms with Crippen LogP contribution in [0.1, 0.15) is 16.8 Å². The zero-order chi connectivity index (χ0) is 26.8. The molecule has 1 amide bonds. The van der Waals surface area contributed by atoms with Crippen molar-refractivity contribution in [2.75, 3.05) is 73.4 Å². The van der Waals surface area contributed by atoms with Crippen LogP contribution in [0.3, 0.4) is 0 Å². The van der Waals surface area contributed by atoms with E-state index in [2.05, 4.69) is 35.7 Å². The Balaban J connectivity index is 1.12. The Hall–Kier alpha value is -3.67. The van der Waals surface area contributed by atoms with Gasteiger partial charge in [0.25, 0.3) is 0 Å². The van der Waals surface area contributed by atoms with Gasteiger partial charge in [0.05, 0.1) is 48.9 Å². The summed E-state index contributed by atoms with van der Waals surface area (Å²) in [6.07, 6.45) is 4.46. The third-order valence-corrected chi connectivity index (χ3v) is 7.50. The molecular formula is C27H31ClN8O3. The van der Waals surface area contributed by atoms with Gasteiger partial charge >= 0.3 is 0 Å². The van der Waals surface area contributed by atoms with E-state index in [1.165, 1.54) is 0 Å². The van der Waals surface area contributed by atoms with Gasteiger partial charge in [0.2, 0.25) is 17.7 Å². The number of rotatable bonds is 6. The first-order chi connectivity index (χ1) is 19.0. The third-order valence-electron chi connectivity index (χ3n) is 7.12. The Morgan fingerprint density at radius 3 is 2.87 bits per heavy atom. The Morgan fingerprint density at radius 1 is 1.15 bits per heavy atom. The number of benzene rings is 1. The standard InChI is InChI=1S/C27H31ClN8O3/c1-17-12-19(2-3-20(17)33-23(37)16-35-7-10-38-11-8-35)32-27-31-13-18-4-6-36(15-21(18)34-27)22-14-30-26-25(24(22)28)29-5-9-39-26/h2-3,12-14,29H,4-11,15-16H2,1H3,(H,33,37)(H,31,32,34). The van der Waals surface area contributed by atoms with E-state index in [9.17, 15) is 4.79 Å². The zero-order valence-electron chi connectivity index (χ0n) is 21.8. The van der Waals surface area contributed by atoms with Crippen LogP contribution in [0.15, 0.2) is 30.6 Å². The van der Waals surface area contributed by atoms with Gasteiger partial charge in [0.1, 0.15) is 12.3 Å². The average Bonchev–Trinajstić information content (AvgIpc) is 2.95. The number of nitrogens with one attached hydrogen (secondary N) is 3. The molecule has 1 fully saturated rings. The summed E-state index contributed by atoms with van der Waals surface area (Å²) in [5, 5.41) is 10.2. The lowest BCUT2D eigenvalue weighted by molar-refractivity contribution is -0.118. The molecule has 3 aliphatic heterocycles. The first-order valence-corrected chi connectivity index (χ1v) is 13.5. The summed E-state index contributed by atoms with van der Waals surface area (Å²) in [5.74, 6) is 1.03. The number of nitrogens with zero attached hydrogens (tertiary/aromatic N) is 5. The van der Waals surface area contributed by atoms with Crippen LogP contribution in [0, 0.1) is 6.92 Å². The van der Waals surface area contributed by atoms with E-state index in [1.807, 2.05) is 31.3 Å². The van der Waals surface area contributed by atoms with Crippen molar-refractivity contribution in [3.05, 3.63) is 52.4 Å². The van der Waals surface area contributed by atoms with Crippen LogP contribution < -0.4 is 25.6 Å². The molecule has 0 unspecified atom stereocenters. The van der Waals surface area contributed by atoms with Crippen molar-refractivity contribution in [3.8, 4) is 5.88 Å². The zero-order valence-corrected chi connectivity index (χ0v) is 22.6. The molecule has 1 aromatic carbocycles. The minimum absolute atomic E-state index is 0.0270. The van der Waals surface area contributed by atoms with Crippen LogP contribution >= 0.6 is 11.6 Å². The minimum atomic E-state index is -0.0270. The number of fused-ring (bicyclic) bond motifs is 2. The molecule has 39 heavy (non-hydrogen) atoms. The number of anilines is 5. The number of hydrogen-bond donors (Lipinski definition) is 3. The van der Waals surface area contributed by atoms with Crippen molar-refractivity contribution >= 4 is 46.2 Å². The number of aryl methyl sites for hydroxylation is 1. The molecule has 3 N–H and O–H groups in total. The topological polar surface area (TPSA) is 117 Å². The summed E-state index contributed by atoms with van der Waals surface area (Å²) in [4.78, 5) is 30.6. The van der Waals surface area contributed by atoms with Crippen LogP contribution in [0.4, 0.5) is 28.7 Å². The molecule has 0 saturated carbocycles. The number of morpholine rings is 1. The maximum atomic E-state index is 12.5. The van der Waals surface area contributed by atoms with E-state index in [1.54, 1.807) is 6.20 Å². The summed E-state index contributed by atoms with van der Waals surface area (Å²) in [6, 6.07) is 5.80. The lowest BCUT2D eigenvalue weighted by atomic mass is 10.1. The highest BCUT2D eigenvalue weighted by Crippen LogP contribution is 2.40. The second kappa shape index (κ2) is 11.2. The van der Waals surface area contributed by atoms with Gasteiger partial charge in [-0.05, 0) is 42.7 Å². The molecule has 11 nitrogen and oxygen atoms in total. The SMILES string of the molecule is Cc1cc(Nc2ncc3c(n2)CN(c2cnc4c(c2Cl)NCCO4)CC3)ccc1NC(=O)CN1CCOCC1. The maximum Gasteiger partial charge on any atom is 0.239 e. The van der Waals surface area contributed by atoms with Crippen LogP contribution in [0.2, 0.25) is 5.02 Å². The normalized spacial score (nSPS) is 16.9. The van der Waals surface area contributed by atoms with Gasteiger partial charge in [-0.15, -0.1) is 0 Å². The van der Waals surface area contributed by atoms with E-state index < -0.39 is 0 Å².